The van der Waals surface area contributed by atoms with Crippen LogP contribution in [0.2, 0.25) is 5.02 Å². The standard InChI is InChI=1S/C19H18ClN3O2S/c1-14-2-4-15(5-3-14)12-21-17-8-11-19(22-13-17)23-26(24,25)18-9-6-16(20)7-10-18/h2-11,13,21H,12H2,1H3,(H,22,23). The van der Waals surface area contributed by atoms with E-state index < -0.39 is 10.0 Å². The van der Waals surface area contributed by atoms with Crippen LogP contribution in [0.15, 0.2) is 71.8 Å². The van der Waals surface area contributed by atoms with E-state index in [1.54, 1.807) is 18.3 Å². The summed E-state index contributed by atoms with van der Waals surface area (Å²) in [7, 11) is -3.69. The highest BCUT2D eigenvalue weighted by Gasteiger charge is 2.14. The van der Waals surface area contributed by atoms with Crippen molar-refractivity contribution in [1.82, 2.24) is 4.98 Å². The molecule has 3 aromatic rings. The van der Waals surface area contributed by atoms with Crippen LogP contribution < -0.4 is 10.0 Å². The highest BCUT2D eigenvalue weighted by atomic mass is 35.5. The van der Waals surface area contributed by atoms with Crippen molar-refractivity contribution < 1.29 is 8.42 Å². The molecule has 0 saturated carbocycles. The maximum absolute atomic E-state index is 12.3. The number of aryl methyl sites for hydroxylation is 1. The van der Waals surface area contributed by atoms with Gasteiger partial charge in [-0.15, -0.1) is 0 Å². The SMILES string of the molecule is Cc1ccc(CNc2ccc(NS(=O)(=O)c3ccc(Cl)cc3)nc2)cc1. The van der Waals surface area contributed by atoms with Gasteiger partial charge in [0.1, 0.15) is 5.82 Å². The number of benzene rings is 2. The Labute approximate surface area is 158 Å². The van der Waals surface area contributed by atoms with Crippen molar-refractivity contribution in [3.8, 4) is 0 Å². The van der Waals surface area contributed by atoms with Gasteiger partial charge in [-0.2, -0.15) is 0 Å². The van der Waals surface area contributed by atoms with E-state index in [0.717, 1.165) is 11.3 Å². The number of sulfonamides is 1. The lowest BCUT2D eigenvalue weighted by molar-refractivity contribution is 0.601. The summed E-state index contributed by atoms with van der Waals surface area (Å²) in [6.45, 7) is 2.71. The first-order valence-corrected chi connectivity index (χ1v) is 9.82. The van der Waals surface area contributed by atoms with Gasteiger partial charge in [-0.3, -0.25) is 4.72 Å². The van der Waals surface area contributed by atoms with Gasteiger partial charge in [0.15, 0.2) is 0 Å². The normalized spacial score (nSPS) is 11.2. The number of nitrogens with one attached hydrogen (secondary N) is 2. The second-order valence-electron chi connectivity index (χ2n) is 5.83. The van der Waals surface area contributed by atoms with Gasteiger partial charge in [0.25, 0.3) is 10.0 Å². The molecule has 1 aromatic heterocycles. The number of hydrogen-bond donors (Lipinski definition) is 2. The van der Waals surface area contributed by atoms with Crippen LogP contribution in [-0.4, -0.2) is 13.4 Å². The van der Waals surface area contributed by atoms with Crippen molar-refractivity contribution in [2.45, 2.75) is 18.4 Å². The quantitative estimate of drug-likeness (QED) is 0.655. The first kappa shape index (κ1) is 18.2. The predicted molar refractivity (Wildman–Crippen MR) is 105 cm³/mol. The summed E-state index contributed by atoms with van der Waals surface area (Å²) < 4.78 is 27.1. The Morgan fingerprint density at radius 1 is 0.962 bits per heavy atom. The maximum atomic E-state index is 12.3. The third-order valence-corrected chi connectivity index (χ3v) is 5.37. The maximum Gasteiger partial charge on any atom is 0.263 e. The van der Waals surface area contributed by atoms with Gasteiger partial charge >= 0.3 is 0 Å². The van der Waals surface area contributed by atoms with Crippen LogP contribution in [0, 0.1) is 6.92 Å². The molecule has 134 valence electrons. The minimum absolute atomic E-state index is 0.130. The molecular formula is C19H18ClN3O2S. The zero-order valence-electron chi connectivity index (χ0n) is 14.1. The van der Waals surface area contributed by atoms with E-state index in [0.29, 0.717) is 11.6 Å². The molecule has 0 unspecified atom stereocenters. The Morgan fingerprint density at radius 3 is 2.27 bits per heavy atom. The van der Waals surface area contributed by atoms with Crippen LogP contribution in [0.25, 0.3) is 0 Å². The molecule has 0 aliphatic rings. The average molecular weight is 388 g/mol. The minimum Gasteiger partial charge on any atom is -0.380 e. The molecule has 0 bridgehead atoms. The first-order valence-electron chi connectivity index (χ1n) is 7.96. The van der Waals surface area contributed by atoms with Crippen LogP contribution in [0.3, 0.4) is 0 Å². The smallest absolute Gasteiger partial charge is 0.263 e. The van der Waals surface area contributed by atoms with Crippen molar-refractivity contribution in [2.75, 3.05) is 10.0 Å². The van der Waals surface area contributed by atoms with Gasteiger partial charge in [0.2, 0.25) is 0 Å². The molecule has 2 aromatic carbocycles. The molecule has 0 atom stereocenters. The van der Waals surface area contributed by atoms with Crippen LogP contribution in [-0.2, 0) is 16.6 Å². The van der Waals surface area contributed by atoms with E-state index in [-0.39, 0.29) is 10.7 Å². The van der Waals surface area contributed by atoms with Crippen molar-refractivity contribution in [3.05, 3.63) is 83.0 Å². The molecule has 0 spiro atoms. The Morgan fingerprint density at radius 2 is 1.65 bits per heavy atom. The van der Waals surface area contributed by atoms with Crippen molar-refractivity contribution >= 4 is 33.1 Å². The highest BCUT2D eigenvalue weighted by molar-refractivity contribution is 7.92. The monoisotopic (exact) mass is 387 g/mol. The van der Waals surface area contributed by atoms with E-state index >= 15 is 0 Å². The second-order valence-corrected chi connectivity index (χ2v) is 7.95. The number of hydrogen-bond acceptors (Lipinski definition) is 4. The molecule has 0 radical (unpaired) electrons. The van der Waals surface area contributed by atoms with Crippen LogP contribution in [0.1, 0.15) is 11.1 Å². The van der Waals surface area contributed by atoms with Gasteiger partial charge in [-0.25, -0.2) is 13.4 Å². The lowest BCUT2D eigenvalue weighted by Crippen LogP contribution is -2.13. The zero-order chi connectivity index (χ0) is 18.6. The summed E-state index contributed by atoms with van der Waals surface area (Å²) in [5, 5.41) is 3.73. The van der Waals surface area contributed by atoms with Gasteiger partial charge < -0.3 is 5.32 Å². The molecule has 3 rings (SSSR count). The Bertz CT molecular complexity index is 971. The number of nitrogens with zero attached hydrogens (tertiary/aromatic N) is 1. The largest absolute Gasteiger partial charge is 0.380 e. The van der Waals surface area contributed by atoms with E-state index in [4.69, 9.17) is 11.6 Å². The average Bonchev–Trinajstić information content (AvgIpc) is 2.62. The summed E-state index contributed by atoms with van der Waals surface area (Å²) in [4.78, 5) is 4.28. The van der Waals surface area contributed by atoms with Crippen LogP contribution >= 0.6 is 11.6 Å². The fraction of sp³-hybridized carbons (Fsp3) is 0.105. The molecular weight excluding hydrogens is 370 g/mol. The Kier molecular flexibility index (Phi) is 5.44. The highest BCUT2D eigenvalue weighted by Crippen LogP contribution is 2.18. The summed E-state index contributed by atoms with van der Waals surface area (Å²) in [6.07, 6.45) is 1.59. The lowest BCUT2D eigenvalue weighted by atomic mass is 10.1. The van der Waals surface area contributed by atoms with Crippen LogP contribution in [0.5, 0.6) is 0 Å². The number of aromatic nitrogens is 1. The summed E-state index contributed by atoms with van der Waals surface area (Å²) >= 11 is 5.79. The molecule has 0 amide bonds. The van der Waals surface area contributed by atoms with Gasteiger partial charge in [0, 0.05) is 11.6 Å². The van der Waals surface area contributed by atoms with E-state index in [1.165, 1.54) is 29.8 Å². The fourth-order valence-corrected chi connectivity index (χ4v) is 3.41. The molecule has 0 saturated heterocycles. The van der Waals surface area contributed by atoms with E-state index in [2.05, 4.69) is 39.3 Å². The van der Waals surface area contributed by atoms with Crippen molar-refractivity contribution in [2.24, 2.45) is 0 Å². The number of pyridine rings is 1. The second kappa shape index (κ2) is 7.76. The predicted octanol–water partition coefficient (Wildman–Crippen LogP) is 4.46. The van der Waals surface area contributed by atoms with Gasteiger partial charge in [-0.05, 0) is 48.9 Å². The molecule has 0 aliphatic carbocycles. The topological polar surface area (TPSA) is 71.1 Å². The van der Waals surface area contributed by atoms with Gasteiger partial charge in [0.05, 0.1) is 16.8 Å². The minimum atomic E-state index is -3.69. The summed E-state index contributed by atoms with van der Waals surface area (Å²) in [5.41, 5.74) is 3.18. The zero-order valence-corrected chi connectivity index (χ0v) is 15.7. The molecule has 0 aliphatic heterocycles. The molecule has 26 heavy (non-hydrogen) atoms. The first-order chi connectivity index (χ1) is 12.4. The molecule has 5 nitrogen and oxygen atoms in total. The third-order valence-electron chi connectivity index (χ3n) is 3.74. The molecule has 1 heterocycles. The lowest BCUT2D eigenvalue weighted by Gasteiger charge is -2.09. The fourth-order valence-electron chi connectivity index (χ4n) is 2.28. The van der Waals surface area contributed by atoms with Crippen molar-refractivity contribution in [3.63, 3.8) is 0 Å². The van der Waals surface area contributed by atoms with E-state index in [9.17, 15) is 8.42 Å². The van der Waals surface area contributed by atoms with E-state index in [1.807, 2.05) is 6.92 Å². The van der Waals surface area contributed by atoms with Gasteiger partial charge in [-0.1, -0.05) is 41.4 Å². The van der Waals surface area contributed by atoms with Crippen LogP contribution in [0.4, 0.5) is 11.5 Å². The Hall–Kier alpha value is -2.57. The van der Waals surface area contributed by atoms with Crippen molar-refractivity contribution in [1.29, 1.82) is 0 Å². The molecule has 7 heteroatoms. The number of anilines is 2. The summed E-state index contributed by atoms with van der Waals surface area (Å²) in [5.74, 6) is 0.251. The number of halogens is 1. The number of rotatable bonds is 6. The molecule has 2 N–H and O–H groups in total. The third kappa shape index (κ3) is 4.74. The summed E-state index contributed by atoms with van der Waals surface area (Å²) in [6, 6.07) is 17.6. The molecule has 0 fully saturated rings. The Balaban J connectivity index is 1.63.